The van der Waals surface area contributed by atoms with E-state index >= 15 is 0 Å². The number of carboxylic acids is 1. The molecule has 1 unspecified atom stereocenters. The molecule has 2 heterocycles. The molecule has 1 aliphatic rings. The van der Waals surface area contributed by atoms with Gasteiger partial charge in [0.05, 0.1) is 12.6 Å². The Balaban J connectivity index is 1.98. The van der Waals surface area contributed by atoms with Crippen molar-refractivity contribution in [1.82, 2.24) is 25.1 Å². The molecule has 2 rings (SSSR count). The van der Waals surface area contributed by atoms with Crippen molar-refractivity contribution in [2.45, 2.75) is 45.4 Å². The Labute approximate surface area is 128 Å². The average Bonchev–Trinajstić information content (AvgIpc) is 2.94. The number of carbonyl (C=O) groups is 2. The highest BCUT2D eigenvalue weighted by molar-refractivity contribution is 5.72. The molecule has 22 heavy (non-hydrogen) atoms. The lowest BCUT2D eigenvalue weighted by atomic mass is 9.99. The van der Waals surface area contributed by atoms with Gasteiger partial charge in [-0.3, -0.25) is 24.4 Å². The maximum Gasteiger partial charge on any atom is 0.317 e. The van der Waals surface area contributed by atoms with Crippen molar-refractivity contribution in [2.24, 2.45) is 0 Å². The molecule has 9 heteroatoms. The van der Waals surface area contributed by atoms with Crippen molar-refractivity contribution in [1.29, 1.82) is 0 Å². The topological polar surface area (TPSA) is 112 Å². The fourth-order valence-corrected chi connectivity index (χ4v) is 2.63. The van der Waals surface area contributed by atoms with Crippen LogP contribution in [0, 0.1) is 0 Å². The summed E-state index contributed by atoms with van der Waals surface area (Å²) >= 11 is 0. The van der Waals surface area contributed by atoms with Gasteiger partial charge in [0.15, 0.2) is 5.82 Å². The first kappa shape index (κ1) is 16.4. The van der Waals surface area contributed by atoms with Gasteiger partial charge in [0.2, 0.25) is 5.91 Å². The Morgan fingerprint density at radius 3 is 2.91 bits per heavy atom. The molecule has 122 valence electrons. The average molecular weight is 311 g/mol. The lowest BCUT2D eigenvalue weighted by molar-refractivity contribution is -0.211. The summed E-state index contributed by atoms with van der Waals surface area (Å²) in [6.07, 6.45) is 2.95. The standard InChI is InChI=1S/C13H21N5O4/c1-9-3-4-11(5-17(9)6-13(20)21)18(10(2)19)22-7-12-14-8-15-16-12/h8-9,11H,3-7H2,1-2H3,(H,20,21)(H,14,15,16)/t9-,11?/m1/s1. The van der Waals surface area contributed by atoms with Crippen LogP contribution in [0.4, 0.5) is 0 Å². The van der Waals surface area contributed by atoms with Crippen LogP contribution < -0.4 is 0 Å². The monoisotopic (exact) mass is 311 g/mol. The zero-order chi connectivity index (χ0) is 16.1. The fourth-order valence-electron chi connectivity index (χ4n) is 2.63. The fraction of sp³-hybridized carbons (Fsp3) is 0.692. The van der Waals surface area contributed by atoms with Gasteiger partial charge in [0, 0.05) is 19.5 Å². The Kier molecular flexibility index (Phi) is 5.45. The number of carboxylic acid groups (broad SMARTS) is 1. The van der Waals surface area contributed by atoms with Gasteiger partial charge < -0.3 is 5.11 Å². The number of piperidine rings is 1. The Morgan fingerprint density at radius 2 is 2.32 bits per heavy atom. The van der Waals surface area contributed by atoms with E-state index in [4.69, 9.17) is 9.94 Å². The van der Waals surface area contributed by atoms with E-state index in [9.17, 15) is 9.59 Å². The molecule has 2 N–H and O–H groups in total. The molecule has 9 nitrogen and oxygen atoms in total. The Bertz CT molecular complexity index is 507. The molecular weight excluding hydrogens is 290 g/mol. The number of likely N-dealkylation sites (tertiary alicyclic amines) is 1. The van der Waals surface area contributed by atoms with Gasteiger partial charge in [-0.15, -0.1) is 0 Å². The second-order valence-electron chi connectivity index (χ2n) is 5.45. The number of H-pyrrole nitrogens is 1. The number of aromatic amines is 1. The summed E-state index contributed by atoms with van der Waals surface area (Å²) in [7, 11) is 0. The van der Waals surface area contributed by atoms with Gasteiger partial charge in [-0.1, -0.05) is 0 Å². The Hall–Kier alpha value is -2.00. The molecule has 0 spiro atoms. The van der Waals surface area contributed by atoms with E-state index in [1.54, 1.807) is 0 Å². The van der Waals surface area contributed by atoms with E-state index in [1.807, 2.05) is 11.8 Å². The molecule has 1 aromatic heterocycles. The highest BCUT2D eigenvalue weighted by Gasteiger charge is 2.32. The highest BCUT2D eigenvalue weighted by Crippen LogP contribution is 2.21. The minimum absolute atomic E-state index is 0.0362. The molecule has 1 fully saturated rings. The number of amides is 1. The lowest BCUT2D eigenvalue weighted by Gasteiger charge is -2.40. The van der Waals surface area contributed by atoms with Crippen molar-refractivity contribution in [2.75, 3.05) is 13.1 Å². The summed E-state index contributed by atoms with van der Waals surface area (Å²) in [4.78, 5) is 34.1. The number of nitrogens with zero attached hydrogens (tertiary/aromatic N) is 4. The van der Waals surface area contributed by atoms with E-state index in [1.165, 1.54) is 18.3 Å². The number of aliphatic carboxylic acids is 1. The highest BCUT2D eigenvalue weighted by atomic mass is 16.7. The molecule has 0 aromatic carbocycles. The van der Waals surface area contributed by atoms with Gasteiger partial charge >= 0.3 is 5.97 Å². The number of aromatic nitrogens is 3. The van der Waals surface area contributed by atoms with Crippen molar-refractivity contribution in [3.05, 3.63) is 12.2 Å². The summed E-state index contributed by atoms with van der Waals surface area (Å²) in [6, 6.07) is 0.00593. The van der Waals surface area contributed by atoms with E-state index in [0.29, 0.717) is 12.4 Å². The second-order valence-corrected chi connectivity index (χ2v) is 5.45. The summed E-state index contributed by atoms with van der Waals surface area (Å²) in [5.41, 5.74) is 0. The third-order valence-electron chi connectivity index (χ3n) is 3.77. The molecule has 1 aromatic rings. The Morgan fingerprint density at radius 1 is 1.55 bits per heavy atom. The molecule has 1 amide bonds. The lowest BCUT2D eigenvalue weighted by Crippen LogP contribution is -2.53. The summed E-state index contributed by atoms with van der Waals surface area (Å²) < 4.78 is 0. The summed E-state index contributed by atoms with van der Waals surface area (Å²) in [6.45, 7) is 3.98. The van der Waals surface area contributed by atoms with Crippen molar-refractivity contribution in [3.63, 3.8) is 0 Å². The van der Waals surface area contributed by atoms with Gasteiger partial charge in [0.1, 0.15) is 12.9 Å². The maximum absolute atomic E-state index is 11.8. The molecule has 1 saturated heterocycles. The van der Waals surface area contributed by atoms with Crippen molar-refractivity contribution in [3.8, 4) is 0 Å². The molecule has 2 atom stereocenters. The molecule has 0 bridgehead atoms. The third kappa shape index (κ3) is 4.25. The maximum atomic E-state index is 11.8. The SMILES string of the molecule is CC(=O)N(OCc1ncn[nH]1)C1CC[C@@H](C)N(CC(=O)O)C1. The van der Waals surface area contributed by atoms with E-state index in [-0.39, 0.29) is 31.1 Å². The smallest absolute Gasteiger partial charge is 0.317 e. The molecule has 0 radical (unpaired) electrons. The number of rotatable bonds is 6. The van der Waals surface area contributed by atoms with E-state index < -0.39 is 5.97 Å². The van der Waals surface area contributed by atoms with Crippen LogP contribution in [0.3, 0.4) is 0 Å². The minimum Gasteiger partial charge on any atom is -0.480 e. The van der Waals surface area contributed by atoms with Crippen molar-refractivity contribution >= 4 is 11.9 Å². The number of hydroxylamine groups is 2. The number of hydrogen-bond donors (Lipinski definition) is 2. The van der Waals surface area contributed by atoms with E-state index in [0.717, 1.165) is 12.8 Å². The zero-order valence-corrected chi connectivity index (χ0v) is 12.7. The number of carbonyl (C=O) groups excluding carboxylic acids is 1. The first-order valence-corrected chi connectivity index (χ1v) is 7.20. The van der Waals surface area contributed by atoms with Crippen LogP contribution in [0.15, 0.2) is 6.33 Å². The summed E-state index contributed by atoms with van der Waals surface area (Å²) in [5.74, 6) is -0.559. The van der Waals surface area contributed by atoms with Crippen LogP contribution in [0.2, 0.25) is 0 Å². The predicted molar refractivity (Wildman–Crippen MR) is 75.4 cm³/mol. The third-order valence-corrected chi connectivity index (χ3v) is 3.77. The number of hydrogen-bond acceptors (Lipinski definition) is 6. The molecule has 1 aliphatic heterocycles. The second kappa shape index (κ2) is 7.32. The van der Waals surface area contributed by atoms with Gasteiger partial charge in [-0.05, 0) is 19.8 Å². The van der Waals surface area contributed by atoms with Crippen LogP contribution in [-0.2, 0) is 21.0 Å². The quantitative estimate of drug-likeness (QED) is 0.712. The molecular formula is C13H21N5O4. The largest absolute Gasteiger partial charge is 0.480 e. The van der Waals surface area contributed by atoms with Gasteiger partial charge in [0.25, 0.3) is 0 Å². The molecule has 0 aliphatic carbocycles. The van der Waals surface area contributed by atoms with Gasteiger partial charge in [-0.2, -0.15) is 5.10 Å². The van der Waals surface area contributed by atoms with Gasteiger partial charge in [-0.25, -0.2) is 10.0 Å². The summed E-state index contributed by atoms with van der Waals surface area (Å²) in [5, 5.41) is 16.7. The van der Waals surface area contributed by atoms with Crippen LogP contribution in [0.25, 0.3) is 0 Å². The predicted octanol–water partition coefficient (Wildman–Crippen LogP) is 0.0223. The van der Waals surface area contributed by atoms with Crippen LogP contribution >= 0.6 is 0 Å². The van der Waals surface area contributed by atoms with Crippen molar-refractivity contribution < 1.29 is 19.5 Å². The van der Waals surface area contributed by atoms with Crippen LogP contribution in [-0.4, -0.2) is 67.3 Å². The zero-order valence-electron chi connectivity index (χ0n) is 12.7. The number of nitrogens with one attached hydrogen (secondary N) is 1. The van der Waals surface area contributed by atoms with Crippen LogP contribution in [0.1, 0.15) is 32.5 Å². The minimum atomic E-state index is -0.871. The first-order valence-electron chi connectivity index (χ1n) is 7.20. The first-order chi connectivity index (χ1) is 10.5. The normalized spacial score (nSPS) is 22.5. The van der Waals surface area contributed by atoms with Crippen LogP contribution in [0.5, 0.6) is 0 Å². The molecule has 0 saturated carbocycles. The van der Waals surface area contributed by atoms with E-state index in [2.05, 4.69) is 15.2 Å².